The molecule has 108 valence electrons. The number of aromatic amines is 1. The molecule has 0 spiro atoms. The first kappa shape index (κ1) is 14.6. The molecule has 0 radical (unpaired) electrons. The highest BCUT2D eigenvalue weighted by Gasteiger charge is 2.11. The fourth-order valence-electron chi connectivity index (χ4n) is 2.08. The van der Waals surface area contributed by atoms with E-state index in [1.54, 1.807) is 12.1 Å². The van der Waals surface area contributed by atoms with E-state index in [1.807, 2.05) is 20.8 Å². The van der Waals surface area contributed by atoms with Crippen LogP contribution in [0.3, 0.4) is 0 Å². The predicted molar refractivity (Wildman–Crippen MR) is 81.4 cm³/mol. The van der Waals surface area contributed by atoms with Gasteiger partial charge in [0.05, 0.1) is 24.1 Å². The molecule has 20 heavy (non-hydrogen) atoms. The molecule has 5 nitrogen and oxygen atoms in total. The van der Waals surface area contributed by atoms with E-state index in [0.29, 0.717) is 46.9 Å². The quantitative estimate of drug-likeness (QED) is 0.862. The van der Waals surface area contributed by atoms with Gasteiger partial charge in [-0.25, -0.2) is 0 Å². The van der Waals surface area contributed by atoms with E-state index >= 15 is 0 Å². The number of nitrogens with one attached hydrogen (secondary N) is 1. The van der Waals surface area contributed by atoms with Crippen molar-refractivity contribution < 1.29 is 9.47 Å². The summed E-state index contributed by atoms with van der Waals surface area (Å²) in [6.45, 7) is 7.24. The molecule has 1 aromatic heterocycles. The van der Waals surface area contributed by atoms with Crippen molar-refractivity contribution in [2.45, 2.75) is 27.3 Å². The lowest BCUT2D eigenvalue weighted by Crippen LogP contribution is -2.21. The fourth-order valence-corrected chi connectivity index (χ4v) is 2.41. The number of hydrogen-bond acceptors (Lipinski definition) is 4. The van der Waals surface area contributed by atoms with Gasteiger partial charge >= 0.3 is 0 Å². The van der Waals surface area contributed by atoms with Crippen molar-refractivity contribution in [2.24, 2.45) is 0 Å². The molecular formula is C14H18N2O3S. The number of fused-ring (bicyclic) bond motifs is 1. The van der Waals surface area contributed by atoms with Gasteiger partial charge in [0.2, 0.25) is 0 Å². The third-order valence-corrected chi connectivity index (χ3v) is 3.28. The SMILES string of the molecule is CCOc1cc2[nH]c(=S)n(CC)c(=O)c2cc1OCC. The van der Waals surface area contributed by atoms with Crippen LogP contribution in [0.1, 0.15) is 20.8 Å². The summed E-state index contributed by atoms with van der Waals surface area (Å²) in [6.07, 6.45) is 0. The van der Waals surface area contributed by atoms with Gasteiger partial charge in [0.15, 0.2) is 16.3 Å². The zero-order valence-electron chi connectivity index (χ0n) is 11.9. The molecule has 0 aliphatic rings. The van der Waals surface area contributed by atoms with Gasteiger partial charge in [0.1, 0.15) is 0 Å². The minimum absolute atomic E-state index is 0.116. The molecule has 2 rings (SSSR count). The van der Waals surface area contributed by atoms with Crippen molar-refractivity contribution >= 4 is 23.1 Å². The lowest BCUT2D eigenvalue weighted by molar-refractivity contribution is 0.288. The van der Waals surface area contributed by atoms with Crippen molar-refractivity contribution in [1.29, 1.82) is 0 Å². The maximum atomic E-state index is 12.4. The number of ether oxygens (including phenoxy) is 2. The highest BCUT2D eigenvalue weighted by molar-refractivity contribution is 7.71. The van der Waals surface area contributed by atoms with Crippen LogP contribution in [0.15, 0.2) is 16.9 Å². The second-order valence-electron chi connectivity index (χ2n) is 4.19. The average molecular weight is 294 g/mol. The van der Waals surface area contributed by atoms with E-state index < -0.39 is 0 Å². The van der Waals surface area contributed by atoms with Gasteiger partial charge in [-0.05, 0) is 39.1 Å². The van der Waals surface area contributed by atoms with Crippen LogP contribution in [0, 0.1) is 4.77 Å². The van der Waals surface area contributed by atoms with Crippen molar-refractivity contribution in [3.63, 3.8) is 0 Å². The lowest BCUT2D eigenvalue weighted by atomic mass is 10.2. The summed E-state index contributed by atoms with van der Waals surface area (Å²) in [6, 6.07) is 3.48. The molecule has 0 fully saturated rings. The van der Waals surface area contributed by atoms with Crippen LogP contribution < -0.4 is 15.0 Å². The Morgan fingerprint density at radius 3 is 2.30 bits per heavy atom. The Morgan fingerprint density at radius 2 is 1.75 bits per heavy atom. The minimum Gasteiger partial charge on any atom is -0.490 e. The van der Waals surface area contributed by atoms with Crippen LogP contribution in [0.4, 0.5) is 0 Å². The second kappa shape index (κ2) is 6.09. The summed E-state index contributed by atoms with van der Waals surface area (Å²) in [5.41, 5.74) is 0.548. The number of benzene rings is 1. The van der Waals surface area contributed by atoms with Gasteiger partial charge in [0, 0.05) is 12.6 Å². The summed E-state index contributed by atoms with van der Waals surface area (Å²) in [5, 5.41) is 0.548. The summed E-state index contributed by atoms with van der Waals surface area (Å²) < 4.78 is 13.0. The maximum absolute atomic E-state index is 12.4. The monoisotopic (exact) mass is 294 g/mol. The molecule has 0 atom stereocenters. The third kappa shape index (κ3) is 2.56. The van der Waals surface area contributed by atoms with E-state index in [-0.39, 0.29) is 5.56 Å². The smallest absolute Gasteiger partial charge is 0.262 e. The Balaban J connectivity index is 2.77. The zero-order chi connectivity index (χ0) is 14.7. The Kier molecular flexibility index (Phi) is 4.44. The molecule has 0 saturated heterocycles. The Hall–Kier alpha value is -1.82. The first-order valence-corrected chi connectivity index (χ1v) is 7.09. The van der Waals surface area contributed by atoms with Gasteiger partial charge < -0.3 is 14.5 Å². The topological polar surface area (TPSA) is 56.2 Å². The number of aromatic nitrogens is 2. The molecular weight excluding hydrogens is 276 g/mol. The first-order chi connectivity index (χ1) is 9.62. The molecule has 0 bridgehead atoms. The van der Waals surface area contributed by atoms with E-state index in [1.165, 1.54) is 4.57 Å². The molecule has 1 aromatic carbocycles. The van der Waals surface area contributed by atoms with Crippen LogP contribution in [-0.2, 0) is 6.54 Å². The van der Waals surface area contributed by atoms with Crippen LogP contribution in [0.25, 0.3) is 10.9 Å². The van der Waals surface area contributed by atoms with Crippen molar-refractivity contribution in [3.8, 4) is 11.5 Å². The molecule has 1 N–H and O–H groups in total. The molecule has 0 aliphatic heterocycles. The van der Waals surface area contributed by atoms with Crippen LogP contribution >= 0.6 is 12.2 Å². The Bertz CT molecular complexity index is 734. The van der Waals surface area contributed by atoms with Crippen LogP contribution in [-0.4, -0.2) is 22.8 Å². The lowest BCUT2D eigenvalue weighted by Gasteiger charge is -2.13. The standard InChI is InChI=1S/C14H18N2O3S/c1-4-16-13(17)9-7-11(18-5-2)12(19-6-3)8-10(9)15-14(16)20/h7-8H,4-6H2,1-3H3,(H,15,20). The molecule has 0 unspecified atom stereocenters. The van der Waals surface area contributed by atoms with Crippen LogP contribution in [0.2, 0.25) is 0 Å². The second-order valence-corrected chi connectivity index (χ2v) is 4.58. The van der Waals surface area contributed by atoms with Gasteiger partial charge in [0.25, 0.3) is 5.56 Å². The largest absolute Gasteiger partial charge is 0.490 e. The molecule has 0 saturated carbocycles. The van der Waals surface area contributed by atoms with E-state index in [4.69, 9.17) is 21.7 Å². The van der Waals surface area contributed by atoms with Crippen molar-refractivity contribution in [2.75, 3.05) is 13.2 Å². The minimum atomic E-state index is -0.116. The van der Waals surface area contributed by atoms with E-state index in [9.17, 15) is 4.79 Å². The van der Waals surface area contributed by atoms with E-state index in [2.05, 4.69) is 4.98 Å². The van der Waals surface area contributed by atoms with Gasteiger partial charge in [-0.15, -0.1) is 0 Å². The Labute approximate surface area is 122 Å². The molecule has 0 aliphatic carbocycles. The normalized spacial score (nSPS) is 10.8. The third-order valence-electron chi connectivity index (χ3n) is 2.96. The van der Waals surface area contributed by atoms with E-state index in [0.717, 1.165) is 0 Å². The average Bonchev–Trinajstić information content (AvgIpc) is 2.41. The van der Waals surface area contributed by atoms with Crippen molar-refractivity contribution in [1.82, 2.24) is 9.55 Å². The number of nitrogens with zero attached hydrogens (tertiary/aromatic N) is 1. The predicted octanol–water partition coefficient (Wildman–Crippen LogP) is 2.88. The molecule has 1 heterocycles. The number of rotatable bonds is 5. The summed E-state index contributed by atoms with van der Waals surface area (Å²) >= 11 is 5.19. The molecule has 6 heteroatoms. The van der Waals surface area contributed by atoms with Gasteiger partial charge in [-0.2, -0.15) is 0 Å². The van der Waals surface area contributed by atoms with Crippen LogP contribution in [0.5, 0.6) is 11.5 Å². The number of hydrogen-bond donors (Lipinski definition) is 1. The maximum Gasteiger partial charge on any atom is 0.262 e. The van der Waals surface area contributed by atoms with Gasteiger partial charge in [-0.1, -0.05) is 0 Å². The summed E-state index contributed by atoms with van der Waals surface area (Å²) in [4.78, 5) is 15.4. The summed E-state index contributed by atoms with van der Waals surface area (Å²) in [7, 11) is 0. The Morgan fingerprint density at radius 1 is 1.15 bits per heavy atom. The summed E-state index contributed by atoms with van der Waals surface area (Å²) in [5.74, 6) is 1.19. The number of H-pyrrole nitrogens is 1. The molecule has 0 amide bonds. The first-order valence-electron chi connectivity index (χ1n) is 6.68. The van der Waals surface area contributed by atoms with Crippen molar-refractivity contribution in [3.05, 3.63) is 27.3 Å². The highest BCUT2D eigenvalue weighted by atomic mass is 32.1. The molecule has 2 aromatic rings. The van der Waals surface area contributed by atoms with Gasteiger partial charge in [-0.3, -0.25) is 9.36 Å². The highest BCUT2D eigenvalue weighted by Crippen LogP contribution is 2.30. The fraction of sp³-hybridized carbons (Fsp3) is 0.429. The zero-order valence-corrected chi connectivity index (χ0v) is 12.7.